The largest absolute Gasteiger partial charge is 0.481 e. The first-order valence-electron chi connectivity index (χ1n) is 4.07. The Bertz CT molecular complexity index is 375. The molecule has 1 aromatic heterocycles. The van der Waals surface area contributed by atoms with Gasteiger partial charge < -0.3 is 15.7 Å². The van der Waals surface area contributed by atoms with Crippen LogP contribution in [0, 0.1) is 0 Å². The summed E-state index contributed by atoms with van der Waals surface area (Å²) in [5, 5.41) is 15.0. The summed E-state index contributed by atoms with van der Waals surface area (Å²) in [6.07, 6.45) is -0.145. The van der Waals surface area contributed by atoms with Gasteiger partial charge in [0, 0.05) is 13.6 Å². The zero-order chi connectivity index (χ0) is 11.4. The second-order valence-electron chi connectivity index (χ2n) is 2.87. The molecule has 0 unspecified atom stereocenters. The van der Waals surface area contributed by atoms with Gasteiger partial charge in [-0.25, -0.2) is 4.63 Å². The first-order chi connectivity index (χ1) is 7.02. The van der Waals surface area contributed by atoms with Crippen molar-refractivity contribution in [1.29, 1.82) is 0 Å². The zero-order valence-corrected chi connectivity index (χ0v) is 8.01. The molecule has 0 fully saturated rings. The quantitative estimate of drug-likeness (QED) is 0.672. The van der Waals surface area contributed by atoms with E-state index in [9.17, 15) is 9.59 Å². The van der Waals surface area contributed by atoms with Crippen molar-refractivity contribution in [1.82, 2.24) is 15.2 Å². The van der Waals surface area contributed by atoms with Crippen LogP contribution in [0.5, 0.6) is 0 Å². The first-order valence-corrected chi connectivity index (χ1v) is 4.07. The summed E-state index contributed by atoms with van der Waals surface area (Å²) in [5.74, 6) is -1.61. The molecule has 3 N–H and O–H groups in total. The third kappa shape index (κ3) is 2.66. The Labute approximate surface area is 84.6 Å². The van der Waals surface area contributed by atoms with E-state index in [0.717, 1.165) is 0 Å². The molecular formula is C7H10N4O4. The van der Waals surface area contributed by atoms with E-state index in [-0.39, 0.29) is 24.5 Å². The highest BCUT2D eigenvalue weighted by Crippen LogP contribution is 2.07. The monoisotopic (exact) mass is 214 g/mol. The lowest BCUT2D eigenvalue weighted by atomic mass is 10.3. The van der Waals surface area contributed by atoms with E-state index in [1.54, 1.807) is 0 Å². The van der Waals surface area contributed by atoms with Crippen LogP contribution in [-0.2, 0) is 4.79 Å². The van der Waals surface area contributed by atoms with E-state index < -0.39 is 11.9 Å². The van der Waals surface area contributed by atoms with Crippen LogP contribution in [0.25, 0.3) is 0 Å². The van der Waals surface area contributed by atoms with Crippen molar-refractivity contribution < 1.29 is 19.3 Å². The second-order valence-corrected chi connectivity index (χ2v) is 2.87. The number of hydrogen-bond donors (Lipinski definition) is 2. The molecule has 0 saturated heterocycles. The van der Waals surface area contributed by atoms with Gasteiger partial charge in [-0.15, -0.1) is 0 Å². The number of amides is 1. The number of nitrogen functional groups attached to an aromatic ring is 1. The summed E-state index contributed by atoms with van der Waals surface area (Å²) in [4.78, 5) is 23.0. The van der Waals surface area contributed by atoms with Gasteiger partial charge >= 0.3 is 5.97 Å². The number of aliphatic carboxylic acids is 1. The molecule has 8 heteroatoms. The van der Waals surface area contributed by atoms with Crippen LogP contribution in [0.3, 0.4) is 0 Å². The molecule has 1 heterocycles. The summed E-state index contributed by atoms with van der Waals surface area (Å²) < 4.78 is 4.25. The van der Waals surface area contributed by atoms with E-state index in [1.165, 1.54) is 11.9 Å². The zero-order valence-electron chi connectivity index (χ0n) is 8.01. The number of carbonyl (C=O) groups excluding carboxylic acids is 1. The number of hydrogen-bond acceptors (Lipinski definition) is 6. The summed E-state index contributed by atoms with van der Waals surface area (Å²) in [6, 6.07) is 0. The Balaban J connectivity index is 2.61. The predicted molar refractivity (Wildman–Crippen MR) is 47.9 cm³/mol. The van der Waals surface area contributed by atoms with Gasteiger partial charge in [-0.1, -0.05) is 0 Å². The van der Waals surface area contributed by atoms with Gasteiger partial charge in [-0.05, 0) is 10.3 Å². The maximum absolute atomic E-state index is 11.5. The molecule has 0 atom stereocenters. The molecule has 0 aromatic carbocycles. The van der Waals surface area contributed by atoms with Gasteiger partial charge in [0.1, 0.15) is 0 Å². The van der Waals surface area contributed by atoms with E-state index in [1.807, 2.05) is 0 Å². The van der Waals surface area contributed by atoms with E-state index in [0.29, 0.717) is 0 Å². The Morgan fingerprint density at radius 2 is 2.20 bits per heavy atom. The average Bonchev–Trinajstić information content (AvgIpc) is 2.59. The number of carboxylic acids is 1. The summed E-state index contributed by atoms with van der Waals surface area (Å²) in [7, 11) is 1.44. The third-order valence-corrected chi connectivity index (χ3v) is 1.72. The van der Waals surface area contributed by atoms with Crippen LogP contribution in [0.1, 0.15) is 16.9 Å². The van der Waals surface area contributed by atoms with Gasteiger partial charge in [0.25, 0.3) is 5.91 Å². The second kappa shape index (κ2) is 4.40. The molecule has 0 aliphatic rings. The molecule has 0 aliphatic heterocycles. The number of carboxylic acid groups (broad SMARTS) is 1. The molecule has 8 nitrogen and oxygen atoms in total. The van der Waals surface area contributed by atoms with Gasteiger partial charge in [0.05, 0.1) is 6.42 Å². The molecule has 15 heavy (non-hydrogen) atoms. The fraction of sp³-hybridized carbons (Fsp3) is 0.429. The molecule has 82 valence electrons. The number of nitrogens with two attached hydrogens (primary N) is 1. The molecular weight excluding hydrogens is 204 g/mol. The molecule has 0 saturated carbocycles. The van der Waals surface area contributed by atoms with Crippen LogP contribution in [0.15, 0.2) is 4.63 Å². The molecule has 0 radical (unpaired) electrons. The topological polar surface area (TPSA) is 123 Å². The van der Waals surface area contributed by atoms with Crippen LogP contribution < -0.4 is 5.73 Å². The van der Waals surface area contributed by atoms with Gasteiger partial charge in [-0.3, -0.25) is 9.59 Å². The van der Waals surface area contributed by atoms with Crippen molar-refractivity contribution in [2.45, 2.75) is 6.42 Å². The van der Waals surface area contributed by atoms with Crippen molar-refractivity contribution in [2.75, 3.05) is 19.3 Å². The van der Waals surface area contributed by atoms with Crippen molar-refractivity contribution >= 4 is 17.7 Å². The number of rotatable bonds is 4. The molecule has 0 aliphatic carbocycles. The maximum atomic E-state index is 11.5. The molecule has 0 spiro atoms. The van der Waals surface area contributed by atoms with Crippen molar-refractivity contribution in [3.63, 3.8) is 0 Å². The Morgan fingerprint density at radius 3 is 2.67 bits per heavy atom. The van der Waals surface area contributed by atoms with E-state index in [2.05, 4.69) is 14.9 Å². The van der Waals surface area contributed by atoms with Crippen molar-refractivity contribution in [3.05, 3.63) is 5.69 Å². The normalized spacial score (nSPS) is 9.93. The molecule has 1 aromatic rings. The minimum Gasteiger partial charge on any atom is -0.481 e. The van der Waals surface area contributed by atoms with Crippen LogP contribution >= 0.6 is 0 Å². The van der Waals surface area contributed by atoms with Crippen LogP contribution in [0.2, 0.25) is 0 Å². The third-order valence-electron chi connectivity index (χ3n) is 1.72. The van der Waals surface area contributed by atoms with Crippen LogP contribution in [-0.4, -0.2) is 45.8 Å². The molecule has 1 amide bonds. The predicted octanol–water partition coefficient (Wildman–Crippen LogP) is -0.801. The number of aromatic nitrogens is 2. The SMILES string of the molecule is CN(CCC(=O)O)C(=O)c1nonc1N. The lowest BCUT2D eigenvalue weighted by molar-refractivity contribution is -0.137. The average molecular weight is 214 g/mol. The summed E-state index contributed by atoms with van der Waals surface area (Å²) >= 11 is 0. The fourth-order valence-electron chi connectivity index (χ4n) is 0.890. The van der Waals surface area contributed by atoms with Crippen molar-refractivity contribution in [2.24, 2.45) is 0 Å². The van der Waals surface area contributed by atoms with E-state index >= 15 is 0 Å². The first kappa shape index (κ1) is 11.0. The highest BCUT2D eigenvalue weighted by Gasteiger charge is 2.20. The highest BCUT2D eigenvalue weighted by atomic mass is 16.6. The van der Waals surface area contributed by atoms with Gasteiger partial charge in [0.2, 0.25) is 11.5 Å². The molecule has 1 rings (SSSR count). The van der Waals surface area contributed by atoms with Gasteiger partial charge in [0.15, 0.2) is 0 Å². The molecule has 0 bridgehead atoms. The Hall–Kier alpha value is -2.12. The standard InChI is InChI=1S/C7H10N4O4/c1-11(3-2-4(12)13)7(14)5-6(8)10-15-9-5/h2-3H2,1H3,(H2,8,10)(H,12,13). The Kier molecular flexibility index (Phi) is 3.21. The van der Waals surface area contributed by atoms with E-state index in [4.69, 9.17) is 10.8 Å². The summed E-state index contributed by atoms with van der Waals surface area (Å²) in [6.45, 7) is 0.0699. The lowest BCUT2D eigenvalue weighted by Gasteiger charge is -2.13. The summed E-state index contributed by atoms with van der Waals surface area (Å²) in [5.41, 5.74) is 5.20. The number of anilines is 1. The fourth-order valence-corrected chi connectivity index (χ4v) is 0.890. The minimum atomic E-state index is -0.985. The smallest absolute Gasteiger partial charge is 0.305 e. The minimum absolute atomic E-state index is 0.0699. The lowest BCUT2D eigenvalue weighted by Crippen LogP contribution is -2.29. The number of nitrogens with zero attached hydrogens (tertiary/aromatic N) is 3. The Morgan fingerprint density at radius 1 is 1.53 bits per heavy atom. The van der Waals surface area contributed by atoms with Crippen molar-refractivity contribution in [3.8, 4) is 0 Å². The van der Waals surface area contributed by atoms with Crippen LogP contribution in [0.4, 0.5) is 5.82 Å². The number of carbonyl (C=O) groups is 2. The highest BCUT2D eigenvalue weighted by molar-refractivity contribution is 5.96. The van der Waals surface area contributed by atoms with Gasteiger partial charge in [-0.2, -0.15) is 0 Å². The maximum Gasteiger partial charge on any atom is 0.305 e.